The Labute approximate surface area is 118 Å². The van der Waals surface area contributed by atoms with Crippen molar-refractivity contribution in [1.82, 2.24) is 10.2 Å². The second kappa shape index (κ2) is 5.84. The topological polar surface area (TPSA) is 41.6 Å². The average molecular weight is 276 g/mol. The van der Waals surface area contributed by atoms with Gasteiger partial charge in [-0.2, -0.15) is 0 Å². The molecule has 0 aromatic heterocycles. The van der Waals surface area contributed by atoms with Gasteiger partial charge in [0.2, 0.25) is 0 Å². The minimum absolute atomic E-state index is 0.0670. The van der Waals surface area contributed by atoms with E-state index in [1.54, 1.807) is 18.1 Å². The number of hydrogen-bond acceptors (Lipinski definition) is 3. The van der Waals surface area contributed by atoms with Crippen molar-refractivity contribution >= 4 is 29.3 Å². The lowest BCUT2D eigenvalue weighted by molar-refractivity contribution is -0.122. The van der Waals surface area contributed by atoms with E-state index in [0.717, 1.165) is 17.7 Å². The Morgan fingerprint density at radius 1 is 1.37 bits per heavy atom. The maximum absolute atomic E-state index is 12.1. The number of carbonyl (C=O) groups is 1. The van der Waals surface area contributed by atoms with Crippen LogP contribution in [0.15, 0.2) is 30.0 Å². The number of rotatable bonds is 4. The van der Waals surface area contributed by atoms with Crippen LogP contribution in [0.2, 0.25) is 0 Å². The fourth-order valence-electron chi connectivity index (χ4n) is 1.87. The average Bonchev–Trinajstić information content (AvgIpc) is 2.68. The van der Waals surface area contributed by atoms with Gasteiger partial charge in [-0.15, -0.1) is 0 Å². The molecule has 1 aliphatic rings. The van der Waals surface area contributed by atoms with E-state index in [4.69, 9.17) is 17.0 Å². The molecule has 1 heterocycles. The van der Waals surface area contributed by atoms with Crippen LogP contribution in [0.25, 0.3) is 6.08 Å². The van der Waals surface area contributed by atoms with Crippen LogP contribution in [-0.2, 0) is 4.79 Å². The molecule has 1 fully saturated rings. The molecule has 1 aromatic rings. The fourth-order valence-corrected chi connectivity index (χ4v) is 2.15. The van der Waals surface area contributed by atoms with Crippen molar-refractivity contribution in [2.45, 2.75) is 13.3 Å². The van der Waals surface area contributed by atoms with E-state index < -0.39 is 0 Å². The van der Waals surface area contributed by atoms with Crippen LogP contribution >= 0.6 is 12.2 Å². The third-order valence-electron chi connectivity index (χ3n) is 2.84. The summed E-state index contributed by atoms with van der Waals surface area (Å²) in [4.78, 5) is 13.7. The molecule has 1 aliphatic heterocycles. The number of ether oxygens (including phenoxy) is 1. The highest BCUT2D eigenvalue weighted by molar-refractivity contribution is 7.80. The summed E-state index contributed by atoms with van der Waals surface area (Å²) in [7, 11) is 1.62. The smallest absolute Gasteiger partial charge is 0.276 e. The molecule has 19 heavy (non-hydrogen) atoms. The van der Waals surface area contributed by atoms with Gasteiger partial charge in [-0.25, -0.2) is 0 Å². The van der Waals surface area contributed by atoms with Gasteiger partial charge in [-0.3, -0.25) is 9.69 Å². The molecule has 0 saturated carbocycles. The lowest BCUT2D eigenvalue weighted by Gasteiger charge is -2.11. The summed E-state index contributed by atoms with van der Waals surface area (Å²) in [6, 6.07) is 7.50. The van der Waals surface area contributed by atoms with E-state index in [1.807, 2.05) is 31.2 Å². The van der Waals surface area contributed by atoms with E-state index in [2.05, 4.69) is 5.32 Å². The summed E-state index contributed by atoms with van der Waals surface area (Å²) < 4.78 is 5.09. The number of benzene rings is 1. The number of nitrogens with zero attached hydrogens (tertiary/aromatic N) is 1. The molecule has 0 atom stereocenters. The first kappa shape index (κ1) is 13.5. The Kier molecular flexibility index (Phi) is 4.16. The first-order valence-corrected chi connectivity index (χ1v) is 6.55. The van der Waals surface area contributed by atoms with Gasteiger partial charge >= 0.3 is 0 Å². The second-order valence-electron chi connectivity index (χ2n) is 4.22. The molecule has 5 heteroatoms. The predicted molar refractivity (Wildman–Crippen MR) is 78.7 cm³/mol. The van der Waals surface area contributed by atoms with E-state index in [9.17, 15) is 4.79 Å². The largest absolute Gasteiger partial charge is 0.497 e. The molecule has 4 nitrogen and oxygen atoms in total. The third kappa shape index (κ3) is 2.93. The molecule has 100 valence electrons. The highest BCUT2D eigenvalue weighted by Crippen LogP contribution is 2.17. The number of hydrogen-bond donors (Lipinski definition) is 1. The van der Waals surface area contributed by atoms with Crippen LogP contribution in [0.4, 0.5) is 0 Å². The van der Waals surface area contributed by atoms with Crippen molar-refractivity contribution in [2.24, 2.45) is 0 Å². The Balaban J connectivity index is 2.19. The summed E-state index contributed by atoms with van der Waals surface area (Å²) in [6.07, 6.45) is 2.67. The molecule has 0 bridgehead atoms. The number of carbonyl (C=O) groups excluding carboxylic acids is 1. The van der Waals surface area contributed by atoms with Crippen LogP contribution in [-0.4, -0.2) is 29.6 Å². The van der Waals surface area contributed by atoms with Gasteiger partial charge in [0.1, 0.15) is 11.4 Å². The normalized spacial score (nSPS) is 16.9. The van der Waals surface area contributed by atoms with Crippen molar-refractivity contribution < 1.29 is 9.53 Å². The molecule has 0 unspecified atom stereocenters. The molecule has 1 aromatic carbocycles. The van der Waals surface area contributed by atoms with Crippen LogP contribution in [0, 0.1) is 0 Å². The molecule has 1 saturated heterocycles. The van der Waals surface area contributed by atoms with Gasteiger partial charge in [0.05, 0.1) is 7.11 Å². The Morgan fingerprint density at radius 3 is 2.63 bits per heavy atom. The number of amides is 1. The molecule has 1 N–H and O–H groups in total. The van der Waals surface area contributed by atoms with Gasteiger partial charge in [-0.1, -0.05) is 19.1 Å². The maximum atomic E-state index is 12.1. The monoisotopic (exact) mass is 276 g/mol. The van der Waals surface area contributed by atoms with Crippen molar-refractivity contribution in [3.8, 4) is 5.75 Å². The Morgan fingerprint density at radius 2 is 2.05 bits per heavy atom. The van der Waals surface area contributed by atoms with Crippen molar-refractivity contribution in [1.29, 1.82) is 0 Å². The zero-order valence-electron chi connectivity index (χ0n) is 11.0. The standard InChI is InChI=1S/C14H16N2O2S/c1-3-8-16-13(17)12(15-14(16)19)9-10-4-6-11(18-2)7-5-10/h4-7,9H,3,8H2,1-2H3,(H,15,19). The first-order chi connectivity index (χ1) is 9.15. The molecular weight excluding hydrogens is 260 g/mol. The Bertz CT molecular complexity index is 523. The molecule has 0 radical (unpaired) electrons. The highest BCUT2D eigenvalue weighted by atomic mass is 32.1. The van der Waals surface area contributed by atoms with Crippen LogP contribution < -0.4 is 10.1 Å². The van der Waals surface area contributed by atoms with Crippen molar-refractivity contribution in [3.63, 3.8) is 0 Å². The molecule has 2 rings (SSSR count). The van der Waals surface area contributed by atoms with Crippen molar-refractivity contribution in [3.05, 3.63) is 35.5 Å². The summed E-state index contributed by atoms with van der Waals surface area (Å²) >= 11 is 5.15. The highest BCUT2D eigenvalue weighted by Gasteiger charge is 2.29. The number of methoxy groups -OCH3 is 1. The van der Waals surface area contributed by atoms with Gasteiger partial charge in [0.25, 0.3) is 5.91 Å². The predicted octanol–water partition coefficient (Wildman–Crippen LogP) is 2.16. The van der Waals surface area contributed by atoms with E-state index in [0.29, 0.717) is 17.4 Å². The summed E-state index contributed by atoms with van der Waals surface area (Å²) in [5.74, 6) is 0.721. The summed E-state index contributed by atoms with van der Waals surface area (Å²) in [6.45, 7) is 2.66. The third-order valence-corrected chi connectivity index (χ3v) is 3.16. The van der Waals surface area contributed by atoms with Gasteiger partial charge in [0.15, 0.2) is 5.11 Å². The van der Waals surface area contributed by atoms with Crippen molar-refractivity contribution in [2.75, 3.05) is 13.7 Å². The van der Waals surface area contributed by atoms with Crippen LogP contribution in [0.5, 0.6) is 5.75 Å². The lowest BCUT2D eigenvalue weighted by atomic mass is 10.2. The van der Waals surface area contributed by atoms with Gasteiger partial charge in [-0.05, 0) is 42.4 Å². The quantitative estimate of drug-likeness (QED) is 0.676. The second-order valence-corrected chi connectivity index (χ2v) is 4.60. The van der Waals surface area contributed by atoms with E-state index in [-0.39, 0.29) is 5.91 Å². The molecule has 1 amide bonds. The summed E-state index contributed by atoms with van der Waals surface area (Å²) in [5, 5.41) is 3.43. The minimum Gasteiger partial charge on any atom is -0.497 e. The number of nitrogens with one attached hydrogen (secondary N) is 1. The minimum atomic E-state index is -0.0670. The molecule has 0 aliphatic carbocycles. The Hall–Kier alpha value is -1.88. The van der Waals surface area contributed by atoms with Gasteiger partial charge < -0.3 is 10.1 Å². The van der Waals surface area contributed by atoms with E-state index in [1.165, 1.54) is 0 Å². The maximum Gasteiger partial charge on any atom is 0.276 e. The summed E-state index contributed by atoms with van der Waals surface area (Å²) in [5.41, 5.74) is 1.45. The number of thiocarbonyl (C=S) groups is 1. The SMILES string of the molecule is CCCN1C(=O)C(=Cc2ccc(OC)cc2)NC1=S. The molecular formula is C14H16N2O2S. The van der Waals surface area contributed by atoms with Crippen LogP contribution in [0.1, 0.15) is 18.9 Å². The first-order valence-electron chi connectivity index (χ1n) is 6.14. The van der Waals surface area contributed by atoms with E-state index >= 15 is 0 Å². The van der Waals surface area contributed by atoms with Gasteiger partial charge in [0, 0.05) is 6.54 Å². The fraction of sp³-hybridized carbons (Fsp3) is 0.286. The van der Waals surface area contributed by atoms with Crippen LogP contribution in [0.3, 0.4) is 0 Å². The molecule has 0 spiro atoms. The lowest BCUT2D eigenvalue weighted by Crippen LogP contribution is -2.31. The zero-order chi connectivity index (χ0) is 13.8. The zero-order valence-corrected chi connectivity index (χ0v) is 11.8.